The molecule has 0 atom stereocenters. The summed E-state index contributed by atoms with van der Waals surface area (Å²) in [5.41, 5.74) is 1.26. The van der Waals surface area contributed by atoms with Crippen LogP contribution in [0.1, 0.15) is 32.3 Å². The van der Waals surface area contributed by atoms with Crippen LogP contribution in [0.2, 0.25) is 0 Å². The van der Waals surface area contributed by atoms with Crippen molar-refractivity contribution in [3.05, 3.63) is 35.9 Å². The minimum absolute atomic E-state index is 0.146. The van der Waals surface area contributed by atoms with Crippen molar-refractivity contribution in [3.63, 3.8) is 0 Å². The molecule has 0 aromatic heterocycles. The molecule has 2 heteroatoms. The van der Waals surface area contributed by atoms with Crippen molar-refractivity contribution in [3.8, 4) is 0 Å². The van der Waals surface area contributed by atoms with Gasteiger partial charge in [0.05, 0.1) is 6.61 Å². The Morgan fingerprint density at radius 1 is 1.12 bits per heavy atom. The number of hydrogen-bond acceptors (Lipinski definition) is 2. The van der Waals surface area contributed by atoms with E-state index >= 15 is 0 Å². The van der Waals surface area contributed by atoms with E-state index in [-0.39, 0.29) is 12.1 Å². The Labute approximate surface area is 98.7 Å². The molecule has 2 N–H and O–H groups in total. The molecule has 0 fully saturated rings. The van der Waals surface area contributed by atoms with E-state index in [4.69, 9.17) is 5.11 Å². The topological polar surface area (TPSA) is 32.3 Å². The van der Waals surface area contributed by atoms with E-state index in [2.05, 4.69) is 35.6 Å². The molecule has 0 aliphatic heterocycles. The van der Waals surface area contributed by atoms with E-state index in [1.54, 1.807) is 0 Å². The number of rotatable bonds is 7. The fourth-order valence-corrected chi connectivity index (χ4v) is 1.58. The molecule has 0 bridgehead atoms. The average Bonchev–Trinajstić information content (AvgIpc) is 2.30. The molecule has 0 aliphatic carbocycles. The quantitative estimate of drug-likeness (QED) is 0.693. The summed E-state index contributed by atoms with van der Waals surface area (Å²) in [5, 5.41) is 12.4. The van der Waals surface area contributed by atoms with Gasteiger partial charge in [0.25, 0.3) is 0 Å². The van der Waals surface area contributed by atoms with Crippen molar-refractivity contribution >= 4 is 0 Å². The van der Waals surface area contributed by atoms with Crippen LogP contribution in [0.15, 0.2) is 30.3 Å². The fraction of sp³-hybridized carbons (Fsp3) is 0.571. The molecule has 0 aliphatic rings. The highest BCUT2D eigenvalue weighted by Gasteiger charge is 2.13. The van der Waals surface area contributed by atoms with E-state index in [0.29, 0.717) is 0 Å². The number of aliphatic hydroxyl groups excluding tert-OH is 1. The Hall–Kier alpha value is -0.860. The highest BCUT2D eigenvalue weighted by atomic mass is 16.3. The maximum atomic E-state index is 9.07. The van der Waals surface area contributed by atoms with Crippen LogP contribution in [0.25, 0.3) is 0 Å². The highest BCUT2D eigenvalue weighted by Crippen LogP contribution is 2.05. The third kappa shape index (κ3) is 5.29. The number of hydrogen-bond donors (Lipinski definition) is 2. The number of aliphatic hydroxyl groups is 1. The summed E-state index contributed by atoms with van der Waals surface area (Å²) in [5.74, 6) is 0. The van der Waals surface area contributed by atoms with Gasteiger partial charge >= 0.3 is 0 Å². The minimum atomic E-state index is -0.146. The van der Waals surface area contributed by atoms with Gasteiger partial charge in [0.2, 0.25) is 0 Å². The van der Waals surface area contributed by atoms with Crippen molar-refractivity contribution in [2.45, 2.75) is 38.6 Å². The molecular weight excluding hydrogens is 198 g/mol. The molecule has 1 aromatic rings. The maximum absolute atomic E-state index is 9.07. The molecule has 0 saturated heterocycles. The van der Waals surface area contributed by atoms with Crippen molar-refractivity contribution in [1.82, 2.24) is 5.32 Å². The van der Waals surface area contributed by atoms with Gasteiger partial charge in [-0.25, -0.2) is 0 Å². The lowest BCUT2D eigenvalue weighted by Crippen LogP contribution is -2.43. The minimum Gasteiger partial charge on any atom is -0.394 e. The summed E-state index contributed by atoms with van der Waals surface area (Å²) < 4.78 is 0. The summed E-state index contributed by atoms with van der Waals surface area (Å²) in [6.45, 7) is 5.19. The fourth-order valence-electron chi connectivity index (χ4n) is 1.58. The predicted molar refractivity (Wildman–Crippen MR) is 68.5 cm³/mol. The third-order valence-corrected chi connectivity index (χ3v) is 2.73. The smallest absolute Gasteiger partial charge is 0.0607 e. The lowest BCUT2D eigenvalue weighted by Gasteiger charge is -2.23. The second kappa shape index (κ2) is 6.66. The van der Waals surface area contributed by atoms with E-state index < -0.39 is 0 Å². The Morgan fingerprint density at radius 2 is 1.81 bits per heavy atom. The Morgan fingerprint density at radius 3 is 2.44 bits per heavy atom. The SMILES string of the molecule is CC(C)(CO)NCCCCc1ccccc1. The Kier molecular flexibility index (Phi) is 5.50. The first kappa shape index (κ1) is 13.2. The molecule has 1 rings (SSSR count). The van der Waals surface area contributed by atoms with E-state index in [1.807, 2.05) is 13.8 Å². The molecule has 0 spiro atoms. The summed E-state index contributed by atoms with van der Waals surface area (Å²) in [7, 11) is 0. The van der Waals surface area contributed by atoms with Crippen LogP contribution in [0, 0.1) is 0 Å². The zero-order chi connectivity index (χ0) is 11.9. The van der Waals surface area contributed by atoms with Crippen molar-refractivity contribution in [2.24, 2.45) is 0 Å². The van der Waals surface area contributed by atoms with Gasteiger partial charge < -0.3 is 10.4 Å². The summed E-state index contributed by atoms with van der Waals surface area (Å²) in [6.07, 6.45) is 3.49. The van der Waals surface area contributed by atoms with Crippen LogP contribution in [-0.2, 0) is 6.42 Å². The van der Waals surface area contributed by atoms with Crippen molar-refractivity contribution < 1.29 is 5.11 Å². The van der Waals surface area contributed by atoms with E-state index in [1.165, 1.54) is 12.0 Å². The zero-order valence-electron chi connectivity index (χ0n) is 10.4. The first-order chi connectivity index (χ1) is 7.64. The first-order valence-electron chi connectivity index (χ1n) is 6.04. The van der Waals surface area contributed by atoms with Gasteiger partial charge in [-0.05, 0) is 45.2 Å². The molecule has 0 radical (unpaired) electrons. The Balaban J connectivity index is 2.09. The molecule has 1 aromatic carbocycles. The second-order valence-corrected chi connectivity index (χ2v) is 4.91. The van der Waals surface area contributed by atoms with Crippen LogP contribution < -0.4 is 5.32 Å². The van der Waals surface area contributed by atoms with Gasteiger partial charge in [0.15, 0.2) is 0 Å². The average molecular weight is 221 g/mol. The van der Waals surface area contributed by atoms with Crippen LogP contribution in [-0.4, -0.2) is 23.8 Å². The highest BCUT2D eigenvalue weighted by molar-refractivity contribution is 5.14. The molecule has 0 amide bonds. The van der Waals surface area contributed by atoms with Gasteiger partial charge in [0, 0.05) is 5.54 Å². The van der Waals surface area contributed by atoms with Gasteiger partial charge in [-0.15, -0.1) is 0 Å². The third-order valence-electron chi connectivity index (χ3n) is 2.73. The number of aryl methyl sites for hydroxylation is 1. The molecule has 2 nitrogen and oxygen atoms in total. The van der Waals surface area contributed by atoms with Crippen LogP contribution >= 0.6 is 0 Å². The monoisotopic (exact) mass is 221 g/mol. The number of unbranched alkanes of at least 4 members (excludes halogenated alkanes) is 1. The van der Waals surface area contributed by atoms with Gasteiger partial charge in [-0.1, -0.05) is 30.3 Å². The normalized spacial score (nSPS) is 11.7. The van der Waals surface area contributed by atoms with Crippen LogP contribution in [0.4, 0.5) is 0 Å². The molecule has 90 valence electrons. The number of benzene rings is 1. The number of nitrogens with one attached hydrogen (secondary N) is 1. The van der Waals surface area contributed by atoms with Crippen LogP contribution in [0.3, 0.4) is 0 Å². The summed E-state index contributed by atoms with van der Waals surface area (Å²) in [6, 6.07) is 10.6. The van der Waals surface area contributed by atoms with Crippen molar-refractivity contribution in [2.75, 3.05) is 13.2 Å². The summed E-state index contributed by atoms with van der Waals surface area (Å²) in [4.78, 5) is 0. The largest absolute Gasteiger partial charge is 0.394 e. The molecule has 0 heterocycles. The second-order valence-electron chi connectivity index (χ2n) is 4.91. The van der Waals surface area contributed by atoms with E-state index in [0.717, 1.165) is 19.4 Å². The lowest BCUT2D eigenvalue weighted by atomic mass is 10.1. The van der Waals surface area contributed by atoms with Crippen LogP contribution in [0.5, 0.6) is 0 Å². The first-order valence-corrected chi connectivity index (χ1v) is 6.04. The molecule has 0 unspecified atom stereocenters. The maximum Gasteiger partial charge on any atom is 0.0607 e. The van der Waals surface area contributed by atoms with Gasteiger partial charge in [-0.3, -0.25) is 0 Å². The Bertz CT molecular complexity index is 282. The van der Waals surface area contributed by atoms with Gasteiger partial charge in [-0.2, -0.15) is 0 Å². The van der Waals surface area contributed by atoms with Crippen molar-refractivity contribution in [1.29, 1.82) is 0 Å². The van der Waals surface area contributed by atoms with E-state index in [9.17, 15) is 0 Å². The zero-order valence-corrected chi connectivity index (χ0v) is 10.4. The molecule has 0 saturated carbocycles. The standard InChI is InChI=1S/C14H23NO/c1-14(2,12-16)15-11-7-6-10-13-8-4-3-5-9-13/h3-5,8-9,15-16H,6-7,10-12H2,1-2H3. The predicted octanol–water partition coefficient (Wildman–Crippen LogP) is 2.37. The molecule has 16 heavy (non-hydrogen) atoms. The lowest BCUT2D eigenvalue weighted by molar-refractivity contribution is 0.188. The summed E-state index contributed by atoms with van der Waals surface area (Å²) >= 11 is 0. The molecular formula is C14H23NO. The van der Waals surface area contributed by atoms with Gasteiger partial charge in [0.1, 0.15) is 0 Å².